The van der Waals surface area contributed by atoms with Crippen LogP contribution in [0, 0.1) is 11.3 Å². The van der Waals surface area contributed by atoms with Crippen molar-refractivity contribution < 1.29 is 13.2 Å². The van der Waals surface area contributed by atoms with Crippen molar-refractivity contribution in [2.75, 3.05) is 11.9 Å². The summed E-state index contributed by atoms with van der Waals surface area (Å²) in [5.41, 5.74) is 1.49. The number of carbonyl (C=O) groups is 1. The molecule has 0 saturated heterocycles. The second kappa shape index (κ2) is 8.24. The predicted molar refractivity (Wildman–Crippen MR) is 90.6 cm³/mol. The molecule has 2 N–H and O–H groups in total. The number of nitriles is 1. The third-order valence-electron chi connectivity index (χ3n) is 3.24. The highest BCUT2D eigenvalue weighted by molar-refractivity contribution is 7.89. The van der Waals surface area contributed by atoms with Crippen molar-refractivity contribution in [3.63, 3.8) is 0 Å². The second-order valence-corrected chi connectivity index (χ2v) is 6.81. The number of hydrogen-bond donors (Lipinski definition) is 2. The fraction of sp³-hybridized carbons (Fsp3) is 0.176. The van der Waals surface area contributed by atoms with E-state index in [9.17, 15) is 13.2 Å². The molecule has 0 unspecified atom stereocenters. The van der Waals surface area contributed by atoms with Gasteiger partial charge in [0.15, 0.2) is 0 Å². The van der Waals surface area contributed by atoms with Crippen LogP contribution >= 0.6 is 0 Å². The molecule has 2 aromatic carbocycles. The van der Waals surface area contributed by atoms with Crippen LogP contribution in [0.15, 0.2) is 59.5 Å². The largest absolute Gasteiger partial charge is 0.325 e. The summed E-state index contributed by atoms with van der Waals surface area (Å²) in [6.07, 6.45) is 0.351. The Balaban J connectivity index is 1.94. The van der Waals surface area contributed by atoms with E-state index in [2.05, 4.69) is 10.0 Å². The van der Waals surface area contributed by atoms with E-state index in [0.29, 0.717) is 18.7 Å². The molecule has 0 aliphatic heterocycles. The molecule has 124 valence electrons. The minimum Gasteiger partial charge on any atom is -0.325 e. The van der Waals surface area contributed by atoms with Gasteiger partial charge in [-0.05, 0) is 36.2 Å². The Hall–Kier alpha value is -2.69. The van der Waals surface area contributed by atoms with Gasteiger partial charge in [-0.25, -0.2) is 13.1 Å². The summed E-state index contributed by atoms with van der Waals surface area (Å²) in [7, 11) is -3.60. The molecular formula is C17H17N3O3S. The molecule has 0 atom stereocenters. The summed E-state index contributed by atoms with van der Waals surface area (Å²) in [6.45, 7) is 0.299. The minimum atomic E-state index is -3.60. The number of rotatable bonds is 7. The number of sulfonamides is 1. The Morgan fingerprint density at radius 2 is 1.71 bits per heavy atom. The number of amides is 1. The smallest absolute Gasteiger partial charge is 0.240 e. The zero-order valence-electron chi connectivity index (χ0n) is 12.9. The Bertz CT molecular complexity index is 826. The topological polar surface area (TPSA) is 99.1 Å². The molecule has 2 aromatic rings. The molecule has 0 fully saturated rings. The number of hydrogen-bond acceptors (Lipinski definition) is 4. The fourth-order valence-electron chi connectivity index (χ4n) is 2.05. The first-order valence-corrected chi connectivity index (χ1v) is 8.80. The molecule has 0 bridgehead atoms. The Kier molecular flexibility index (Phi) is 6.07. The average Bonchev–Trinajstić information content (AvgIpc) is 2.56. The summed E-state index contributed by atoms with van der Waals surface area (Å²) in [5, 5.41) is 10.9. The standard InChI is InChI=1S/C17H17N3O3S/c18-12-10-17(21)20-15-6-8-16(9-7-15)24(22,23)19-13-11-14-4-2-1-3-5-14/h1-9,19H,10-11,13H2,(H,20,21). The van der Waals surface area contributed by atoms with E-state index in [-0.39, 0.29) is 11.3 Å². The van der Waals surface area contributed by atoms with Crippen LogP contribution in [-0.4, -0.2) is 20.9 Å². The van der Waals surface area contributed by atoms with Crippen molar-refractivity contribution in [1.29, 1.82) is 5.26 Å². The predicted octanol–water partition coefficient (Wildman–Crippen LogP) is 2.06. The summed E-state index contributed by atoms with van der Waals surface area (Å²) < 4.78 is 27.0. The molecule has 0 aromatic heterocycles. The Labute approximate surface area is 141 Å². The molecule has 24 heavy (non-hydrogen) atoms. The van der Waals surface area contributed by atoms with Crippen molar-refractivity contribution >= 4 is 21.6 Å². The van der Waals surface area contributed by atoms with Crippen LogP contribution in [0.5, 0.6) is 0 Å². The summed E-state index contributed by atoms with van der Waals surface area (Å²) in [5.74, 6) is -0.436. The molecule has 7 heteroatoms. The van der Waals surface area contributed by atoms with Crippen LogP contribution in [-0.2, 0) is 21.2 Å². The second-order valence-electron chi connectivity index (χ2n) is 5.04. The SMILES string of the molecule is N#CCC(=O)Nc1ccc(S(=O)(=O)NCCc2ccccc2)cc1. The van der Waals surface area contributed by atoms with E-state index in [1.165, 1.54) is 24.3 Å². The molecule has 0 heterocycles. The molecule has 6 nitrogen and oxygen atoms in total. The maximum absolute atomic E-state index is 12.2. The van der Waals surface area contributed by atoms with Gasteiger partial charge in [-0.15, -0.1) is 0 Å². The summed E-state index contributed by atoms with van der Waals surface area (Å²) in [4.78, 5) is 11.4. The van der Waals surface area contributed by atoms with Crippen LogP contribution in [0.4, 0.5) is 5.69 Å². The molecular weight excluding hydrogens is 326 g/mol. The lowest BCUT2D eigenvalue weighted by atomic mass is 10.2. The maximum Gasteiger partial charge on any atom is 0.240 e. The van der Waals surface area contributed by atoms with Crippen LogP contribution in [0.25, 0.3) is 0 Å². The van der Waals surface area contributed by atoms with Crippen molar-refractivity contribution in [3.8, 4) is 6.07 Å². The van der Waals surface area contributed by atoms with E-state index >= 15 is 0 Å². The van der Waals surface area contributed by atoms with Gasteiger partial charge in [-0.2, -0.15) is 5.26 Å². The first-order chi connectivity index (χ1) is 11.5. The number of carbonyl (C=O) groups excluding carboxylic acids is 1. The van der Waals surface area contributed by atoms with Gasteiger partial charge in [0, 0.05) is 12.2 Å². The van der Waals surface area contributed by atoms with Crippen LogP contribution in [0.3, 0.4) is 0 Å². The van der Waals surface area contributed by atoms with Crippen molar-refractivity contribution in [3.05, 3.63) is 60.2 Å². The van der Waals surface area contributed by atoms with Gasteiger partial charge in [-0.1, -0.05) is 30.3 Å². The number of anilines is 1. The molecule has 0 spiro atoms. The van der Waals surface area contributed by atoms with Crippen molar-refractivity contribution in [1.82, 2.24) is 4.72 Å². The molecule has 0 saturated carbocycles. The van der Waals surface area contributed by atoms with Crippen LogP contribution < -0.4 is 10.0 Å². The summed E-state index contributed by atoms with van der Waals surface area (Å²) in [6, 6.07) is 17.1. The first kappa shape index (κ1) is 17.7. The van der Waals surface area contributed by atoms with Gasteiger partial charge in [0.25, 0.3) is 0 Å². The normalized spacial score (nSPS) is 10.8. The zero-order valence-corrected chi connectivity index (χ0v) is 13.7. The molecule has 0 radical (unpaired) electrons. The lowest BCUT2D eigenvalue weighted by Gasteiger charge is -2.08. The van der Waals surface area contributed by atoms with Gasteiger partial charge in [0.1, 0.15) is 6.42 Å². The van der Waals surface area contributed by atoms with Crippen molar-refractivity contribution in [2.24, 2.45) is 0 Å². The number of nitrogens with zero attached hydrogens (tertiary/aromatic N) is 1. The molecule has 0 aliphatic rings. The van der Waals surface area contributed by atoms with E-state index in [4.69, 9.17) is 5.26 Å². The zero-order chi connectivity index (χ0) is 17.4. The monoisotopic (exact) mass is 343 g/mol. The highest BCUT2D eigenvalue weighted by Gasteiger charge is 2.13. The fourth-order valence-corrected chi connectivity index (χ4v) is 3.08. The van der Waals surface area contributed by atoms with Crippen LogP contribution in [0.2, 0.25) is 0 Å². The van der Waals surface area contributed by atoms with Gasteiger partial charge in [-0.3, -0.25) is 4.79 Å². The molecule has 1 amide bonds. The quantitative estimate of drug-likeness (QED) is 0.804. The Morgan fingerprint density at radius 3 is 2.33 bits per heavy atom. The first-order valence-electron chi connectivity index (χ1n) is 7.32. The number of benzene rings is 2. The maximum atomic E-state index is 12.2. The van der Waals surface area contributed by atoms with E-state index in [1.54, 1.807) is 6.07 Å². The highest BCUT2D eigenvalue weighted by atomic mass is 32.2. The van der Waals surface area contributed by atoms with E-state index in [1.807, 2.05) is 30.3 Å². The van der Waals surface area contributed by atoms with E-state index in [0.717, 1.165) is 5.56 Å². The van der Waals surface area contributed by atoms with Crippen molar-refractivity contribution in [2.45, 2.75) is 17.7 Å². The van der Waals surface area contributed by atoms with E-state index < -0.39 is 15.9 Å². The van der Waals surface area contributed by atoms with Gasteiger partial charge >= 0.3 is 0 Å². The minimum absolute atomic E-state index is 0.119. The average molecular weight is 343 g/mol. The number of nitrogens with one attached hydrogen (secondary N) is 2. The van der Waals surface area contributed by atoms with Gasteiger partial charge < -0.3 is 5.32 Å². The third kappa shape index (κ3) is 5.19. The summed E-state index contributed by atoms with van der Waals surface area (Å²) >= 11 is 0. The third-order valence-corrected chi connectivity index (χ3v) is 4.71. The highest BCUT2D eigenvalue weighted by Crippen LogP contribution is 2.14. The van der Waals surface area contributed by atoms with Gasteiger partial charge in [0.05, 0.1) is 11.0 Å². The Morgan fingerprint density at radius 1 is 1.04 bits per heavy atom. The lowest BCUT2D eigenvalue weighted by molar-refractivity contribution is -0.115. The van der Waals surface area contributed by atoms with Gasteiger partial charge in [0.2, 0.25) is 15.9 Å². The molecule has 2 rings (SSSR count). The molecule has 0 aliphatic carbocycles. The van der Waals surface area contributed by atoms with Crippen LogP contribution in [0.1, 0.15) is 12.0 Å². The lowest BCUT2D eigenvalue weighted by Crippen LogP contribution is -2.26.